The van der Waals surface area contributed by atoms with Crippen molar-refractivity contribution in [1.29, 1.82) is 0 Å². The number of benzene rings is 1. The predicted octanol–water partition coefficient (Wildman–Crippen LogP) is 0.884. The van der Waals surface area contributed by atoms with Crippen LogP contribution in [0.1, 0.15) is 16.2 Å². The fraction of sp³-hybridized carbons (Fsp3) is 0.182. The van der Waals surface area contributed by atoms with Crippen LogP contribution in [0.15, 0.2) is 30.6 Å². The number of halogens is 1. The van der Waals surface area contributed by atoms with Gasteiger partial charge in [0.2, 0.25) is 0 Å². The summed E-state index contributed by atoms with van der Waals surface area (Å²) in [6.45, 7) is 0.284. The van der Waals surface area contributed by atoms with Crippen molar-refractivity contribution in [3.63, 3.8) is 0 Å². The number of carbonyl (C=O) groups excluding carboxylic acids is 1. The Balaban J connectivity index is 1.98. The third-order valence-corrected chi connectivity index (χ3v) is 2.32. The molecule has 0 aliphatic rings. The van der Waals surface area contributed by atoms with Crippen molar-refractivity contribution in [2.45, 2.75) is 6.54 Å². The number of hydrogen-bond acceptors (Lipinski definition) is 3. The zero-order valence-electron chi connectivity index (χ0n) is 9.22. The SMILES string of the molecule is Cn1cnnc1CNC(=O)c1ccc(F)cc1. The number of carbonyl (C=O) groups is 1. The van der Waals surface area contributed by atoms with E-state index in [1.807, 2.05) is 0 Å². The molecule has 0 spiro atoms. The predicted molar refractivity (Wildman–Crippen MR) is 58.6 cm³/mol. The third-order valence-electron chi connectivity index (χ3n) is 2.32. The third kappa shape index (κ3) is 2.66. The minimum absolute atomic E-state index is 0.270. The van der Waals surface area contributed by atoms with E-state index in [2.05, 4.69) is 15.5 Å². The van der Waals surface area contributed by atoms with Crippen LogP contribution in [0.3, 0.4) is 0 Å². The number of rotatable bonds is 3. The molecule has 0 aliphatic carbocycles. The van der Waals surface area contributed by atoms with Crippen molar-refractivity contribution < 1.29 is 9.18 Å². The van der Waals surface area contributed by atoms with E-state index in [-0.39, 0.29) is 18.3 Å². The lowest BCUT2D eigenvalue weighted by atomic mass is 10.2. The van der Waals surface area contributed by atoms with E-state index in [9.17, 15) is 9.18 Å². The first kappa shape index (κ1) is 11.3. The topological polar surface area (TPSA) is 59.8 Å². The fourth-order valence-electron chi connectivity index (χ4n) is 1.33. The van der Waals surface area contributed by atoms with Gasteiger partial charge in [0.25, 0.3) is 5.91 Å². The molecule has 0 unspecified atom stereocenters. The van der Waals surface area contributed by atoms with Gasteiger partial charge in [-0.2, -0.15) is 0 Å². The molecule has 0 atom stereocenters. The first-order chi connectivity index (χ1) is 8.16. The van der Waals surface area contributed by atoms with Crippen molar-refractivity contribution in [2.24, 2.45) is 7.05 Å². The Kier molecular flexibility index (Phi) is 3.13. The van der Waals surface area contributed by atoms with Crippen molar-refractivity contribution in [3.8, 4) is 0 Å². The smallest absolute Gasteiger partial charge is 0.251 e. The van der Waals surface area contributed by atoms with Gasteiger partial charge in [0.15, 0.2) is 5.82 Å². The standard InChI is InChI=1S/C11H11FN4O/c1-16-7-14-15-10(16)6-13-11(17)8-2-4-9(12)5-3-8/h2-5,7H,6H2,1H3,(H,13,17). The van der Waals surface area contributed by atoms with Crippen LogP contribution >= 0.6 is 0 Å². The first-order valence-corrected chi connectivity index (χ1v) is 5.03. The summed E-state index contributed by atoms with van der Waals surface area (Å²) >= 11 is 0. The maximum Gasteiger partial charge on any atom is 0.251 e. The summed E-state index contributed by atoms with van der Waals surface area (Å²) in [6.07, 6.45) is 1.55. The van der Waals surface area contributed by atoms with Crippen LogP contribution in [-0.2, 0) is 13.6 Å². The van der Waals surface area contributed by atoms with Gasteiger partial charge in [-0.15, -0.1) is 10.2 Å². The second-order valence-electron chi connectivity index (χ2n) is 3.55. The first-order valence-electron chi connectivity index (χ1n) is 5.03. The van der Waals surface area contributed by atoms with Crippen LogP contribution in [0.25, 0.3) is 0 Å². The Bertz CT molecular complexity index is 521. The Labute approximate surface area is 97.3 Å². The van der Waals surface area contributed by atoms with Crippen LogP contribution < -0.4 is 5.32 Å². The molecule has 2 rings (SSSR count). The number of hydrogen-bond donors (Lipinski definition) is 1. The van der Waals surface area contributed by atoms with Gasteiger partial charge in [-0.25, -0.2) is 4.39 Å². The number of nitrogens with zero attached hydrogens (tertiary/aromatic N) is 3. The molecule has 0 fully saturated rings. The van der Waals surface area contributed by atoms with Gasteiger partial charge in [0.1, 0.15) is 12.1 Å². The number of nitrogens with one attached hydrogen (secondary N) is 1. The van der Waals surface area contributed by atoms with E-state index in [0.29, 0.717) is 11.4 Å². The summed E-state index contributed by atoms with van der Waals surface area (Å²) in [7, 11) is 1.79. The maximum atomic E-state index is 12.7. The van der Waals surface area contributed by atoms with E-state index < -0.39 is 0 Å². The van der Waals surface area contributed by atoms with Crippen LogP contribution in [0.2, 0.25) is 0 Å². The molecule has 1 aromatic heterocycles. The van der Waals surface area contributed by atoms with Crippen LogP contribution in [-0.4, -0.2) is 20.7 Å². The quantitative estimate of drug-likeness (QED) is 0.857. The monoisotopic (exact) mass is 234 g/mol. The molecule has 17 heavy (non-hydrogen) atoms. The Morgan fingerprint density at radius 3 is 2.71 bits per heavy atom. The molecule has 0 saturated heterocycles. The second-order valence-corrected chi connectivity index (χ2v) is 3.55. The summed E-state index contributed by atoms with van der Waals surface area (Å²) in [5.74, 6) is 0.0170. The van der Waals surface area contributed by atoms with Crippen molar-refractivity contribution in [1.82, 2.24) is 20.1 Å². The molecule has 5 nitrogen and oxygen atoms in total. The Morgan fingerprint density at radius 1 is 1.41 bits per heavy atom. The minimum Gasteiger partial charge on any atom is -0.345 e. The highest BCUT2D eigenvalue weighted by molar-refractivity contribution is 5.94. The average molecular weight is 234 g/mol. The molecule has 1 N–H and O–H groups in total. The van der Waals surface area contributed by atoms with Gasteiger partial charge in [-0.1, -0.05) is 0 Å². The molecule has 6 heteroatoms. The summed E-state index contributed by atoms with van der Waals surface area (Å²) in [6, 6.07) is 5.36. The van der Waals surface area contributed by atoms with E-state index >= 15 is 0 Å². The molecule has 1 heterocycles. The van der Waals surface area contributed by atoms with E-state index in [0.717, 1.165) is 0 Å². The lowest BCUT2D eigenvalue weighted by Gasteiger charge is -2.04. The molecule has 2 aromatic rings. The number of aryl methyl sites for hydroxylation is 1. The van der Waals surface area contributed by atoms with Gasteiger partial charge in [-0.3, -0.25) is 4.79 Å². The molecule has 0 bridgehead atoms. The average Bonchev–Trinajstić information content (AvgIpc) is 2.73. The van der Waals surface area contributed by atoms with Crippen LogP contribution in [0.5, 0.6) is 0 Å². The molecule has 0 radical (unpaired) electrons. The largest absolute Gasteiger partial charge is 0.345 e. The molecule has 1 aromatic carbocycles. The Morgan fingerprint density at radius 2 is 2.12 bits per heavy atom. The van der Waals surface area contributed by atoms with Gasteiger partial charge in [0, 0.05) is 12.6 Å². The maximum absolute atomic E-state index is 12.7. The van der Waals surface area contributed by atoms with Gasteiger partial charge < -0.3 is 9.88 Å². The van der Waals surface area contributed by atoms with E-state index in [1.165, 1.54) is 24.3 Å². The Hall–Kier alpha value is -2.24. The molecule has 1 amide bonds. The van der Waals surface area contributed by atoms with E-state index in [4.69, 9.17) is 0 Å². The summed E-state index contributed by atoms with van der Waals surface area (Å²) in [5, 5.41) is 10.2. The van der Waals surface area contributed by atoms with Gasteiger partial charge >= 0.3 is 0 Å². The summed E-state index contributed by atoms with van der Waals surface area (Å²) in [4.78, 5) is 11.7. The summed E-state index contributed by atoms with van der Waals surface area (Å²) < 4.78 is 14.4. The van der Waals surface area contributed by atoms with Crippen LogP contribution in [0, 0.1) is 5.82 Å². The van der Waals surface area contributed by atoms with Gasteiger partial charge in [-0.05, 0) is 24.3 Å². The lowest BCUT2D eigenvalue weighted by Crippen LogP contribution is -2.24. The molecular formula is C11H11FN4O. The highest BCUT2D eigenvalue weighted by Gasteiger charge is 2.07. The van der Waals surface area contributed by atoms with Crippen molar-refractivity contribution >= 4 is 5.91 Å². The molecular weight excluding hydrogens is 223 g/mol. The van der Waals surface area contributed by atoms with Crippen LogP contribution in [0.4, 0.5) is 4.39 Å². The lowest BCUT2D eigenvalue weighted by molar-refractivity contribution is 0.0949. The minimum atomic E-state index is -0.366. The highest BCUT2D eigenvalue weighted by atomic mass is 19.1. The zero-order chi connectivity index (χ0) is 12.3. The number of aromatic nitrogens is 3. The van der Waals surface area contributed by atoms with Gasteiger partial charge in [0.05, 0.1) is 6.54 Å². The van der Waals surface area contributed by atoms with Crippen molar-refractivity contribution in [3.05, 3.63) is 47.8 Å². The zero-order valence-corrected chi connectivity index (χ0v) is 9.22. The van der Waals surface area contributed by atoms with E-state index in [1.54, 1.807) is 17.9 Å². The molecule has 0 saturated carbocycles. The van der Waals surface area contributed by atoms with Crippen molar-refractivity contribution in [2.75, 3.05) is 0 Å². The second kappa shape index (κ2) is 4.73. The molecule has 0 aliphatic heterocycles. The molecule has 88 valence electrons. The number of amides is 1. The summed E-state index contributed by atoms with van der Waals surface area (Å²) in [5.41, 5.74) is 0.411. The fourth-order valence-corrected chi connectivity index (χ4v) is 1.33. The highest BCUT2D eigenvalue weighted by Crippen LogP contribution is 2.02. The normalized spacial score (nSPS) is 10.2.